The van der Waals surface area contributed by atoms with Crippen molar-refractivity contribution in [3.63, 3.8) is 0 Å². The fourth-order valence-corrected chi connectivity index (χ4v) is 1.52. The average Bonchev–Trinajstić information content (AvgIpc) is 2.19. The molecule has 1 nitrogen and oxygen atoms in total. The largest absolute Gasteiger partial charge is 1.00 e. The van der Waals surface area contributed by atoms with E-state index in [-0.39, 0.29) is 12.4 Å². The molecule has 2 heteroatoms. The highest BCUT2D eigenvalue weighted by molar-refractivity contribution is 5.06. The fourth-order valence-electron chi connectivity index (χ4n) is 1.52. The summed E-state index contributed by atoms with van der Waals surface area (Å²) in [7, 11) is 0. The molecule has 0 aromatic carbocycles. The summed E-state index contributed by atoms with van der Waals surface area (Å²) in [6.45, 7) is 2.26. The van der Waals surface area contributed by atoms with Crippen LogP contribution in [0, 0.1) is 0 Å². The zero-order valence-electron chi connectivity index (χ0n) is 8.93. The zero-order chi connectivity index (χ0) is 9.36. The molecule has 0 radical (unpaired) electrons. The number of aryl methyl sites for hydroxylation is 1. The Hall–Kier alpha value is -0.560. The average molecular weight is 214 g/mol. The molecule has 1 N–H and O–H groups in total. The number of halogens is 1. The van der Waals surface area contributed by atoms with E-state index >= 15 is 0 Å². The maximum atomic E-state index is 3.04. The Balaban J connectivity index is 0.00000169. The van der Waals surface area contributed by atoms with Crippen molar-refractivity contribution in [1.29, 1.82) is 0 Å². The van der Waals surface area contributed by atoms with Gasteiger partial charge in [-0.3, -0.25) is 0 Å². The molecule has 0 atom stereocenters. The van der Waals surface area contributed by atoms with Crippen LogP contribution in [0.4, 0.5) is 0 Å². The van der Waals surface area contributed by atoms with E-state index in [1.807, 2.05) is 12.4 Å². The number of hydrogen-bond acceptors (Lipinski definition) is 0. The third-order valence-electron chi connectivity index (χ3n) is 2.36. The molecule has 0 aliphatic heterocycles. The molecule has 1 aromatic rings. The van der Waals surface area contributed by atoms with Crippen molar-refractivity contribution in [1.82, 2.24) is 0 Å². The lowest BCUT2D eigenvalue weighted by molar-refractivity contribution is -0.378. The first-order valence-electron chi connectivity index (χ1n) is 5.38. The molecule has 1 aromatic heterocycles. The van der Waals surface area contributed by atoms with E-state index < -0.39 is 0 Å². The van der Waals surface area contributed by atoms with Crippen LogP contribution in [-0.4, -0.2) is 0 Å². The molecule has 14 heavy (non-hydrogen) atoms. The van der Waals surface area contributed by atoms with Gasteiger partial charge in [-0.25, -0.2) is 4.98 Å². The summed E-state index contributed by atoms with van der Waals surface area (Å²) in [6, 6.07) is 4.33. The summed E-state index contributed by atoms with van der Waals surface area (Å²) in [6.07, 6.45) is 12.1. The number of hydrogen-bond donors (Lipinski definition) is 0. The van der Waals surface area contributed by atoms with Gasteiger partial charge in [0, 0.05) is 12.1 Å². The number of unbranched alkanes of at least 4 members (excludes halogenated alkanes) is 4. The van der Waals surface area contributed by atoms with Gasteiger partial charge in [0.25, 0.3) is 0 Å². The van der Waals surface area contributed by atoms with E-state index in [1.165, 1.54) is 44.1 Å². The Morgan fingerprint density at radius 2 is 1.64 bits per heavy atom. The summed E-state index contributed by atoms with van der Waals surface area (Å²) in [5.41, 5.74) is 1.45. The number of rotatable bonds is 6. The van der Waals surface area contributed by atoms with Crippen LogP contribution in [-0.2, 0) is 6.42 Å². The molecule has 0 bridgehead atoms. The minimum atomic E-state index is 0. The first kappa shape index (κ1) is 13.4. The van der Waals surface area contributed by atoms with Gasteiger partial charge in [-0.1, -0.05) is 32.6 Å². The summed E-state index contributed by atoms with van der Waals surface area (Å²) in [5.74, 6) is 0. The van der Waals surface area contributed by atoms with Crippen molar-refractivity contribution in [2.75, 3.05) is 0 Å². The Morgan fingerprint density at radius 1 is 1.00 bits per heavy atom. The van der Waals surface area contributed by atoms with Gasteiger partial charge in [0.05, 0.1) is 0 Å². The van der Waals surface area contributed by atoms with Crippen molar-refractivity contribution < 1.29 is 17.4 Å². The van der Waals surface area contributed by atoms with E-state index in [9.17, 15) is 0 Å². The van der Waals surface area contributed by atoms with Gasteiger partial charge in [-0.15, -0.1) is 0 Å². The van der Waals surface area contributed by atoms with Gasteiger partial charge in [0.15, 0.2) is 12.4 Å². The minimum Gasteiger partial charge on any atom is -1.00 e. The van der Waals surface area contributed by atoms with Crippen LogP contribution in [0.15, 0.2) is 24.5 Å². The third-order valence-corrected chi connectivity index (χ3v) is 2.36. The molecule has 0 amide bonds. The predicted molar refractivity (Wildman–Crippen MR) is 55.5 cm³/mol. The highest BCUT2D eigenvalue weighted by atomic mass is 35.5. The van der Waals surface area contributed by atoms with Crippen molar-refractivity contribution >= 4 is 0 Å². The van der Waals surface area contributed by atoms with Gasteiger partial charge < -0.3 is 12.4 Å². The number of H-pyrrole nitrogens is 1. The first-order valence-corrected chi connectivity index (χ1v) is 5.38. The highest BCUT2D eigenvalue weighted by Gasteiger charge is 1.93. The number of aromatic nitrogens is 1. The maximum absolute atomic E-state index is 3.04. The van der Waals surface area contributed by atoms with Crippen LogP contribution in [0.5, 0.6) is 0 Å². The van der Waals surface area contributed by atoms with Crippen molar-refractivity contribution in [2.45, 2.75) is 45.4 Å². The first-order chi connectivity index (χ1) is 6.43. The summed E-state index contributed by atoms with van der Waals surface area (Å²) >= 11 is 0. The van der Waals surface area contributed by atoms with Crippen molar-refractivity contribution in [2.24, 2.45) is 0 Å². The van der Waals surface area contributed by atoms with Gasteiger partial charge in [0.2, 0.25) is 0 Å². The van der Waals surface area contributed by atoms with E-state index in [2.05, 4.69) is 24.0 Å². The molecule has 0 fully saturated rings. The lowest BCUT2D eigenvalue weighted by Gasteiger charge is -1.99. The van der Waals surface area contributed by atoms with Crippen LogP contribution in [0.1, 0.15) is 44.6 Å². The van der Waals surface area contributed by atoms with Gasteiger partial charge >= 0.3 is 0 Å². The van der Waals surface area contributed by atoms with Crippen molar-refractivity contribution in [3.05, 3.63) is 30.1 Å². The third kappa shape index (κ3) is 5.98. The maximum Gasteiger partial charge on any atom is 0.167 e. The molecular formula is C12H20ClN. The molecule has 1 heterocycles. The van der Waals surface area contributed by atoms with Gasteiger partial charge in [0.1, 0.15) is 0 Å². The molecule has 0 aliphatic carbocycles. The predicted octanol–water partition coefficient (Wildman–Crippen LogP) is 0.0176. The summed E-state index contributed by atoms with van der Waals surface area (Å²) < 4.78 is 0. The Bertz CT molecular complexity index is 211. The Morgan fingerprint density at radius 3 is 2.29 bits per heavy atom. The number of nitrogens with one attached hydrogen (secondary N) is 1. The number of aromatic amines is 1. The fraction of sp³-hybridized carbons (Fsp3) is 0.583. The molecule has 80 valence electrons. The zero-order valence-corrected chi connectivity index (χ0v) is 9.69. The van der Waals surface area contributed by atoms with Crippen molar-refractivity contribution in [3.8, 4) is 0 Å². The topological polar surface area (TPSA) is 14.1 Å². The highest BCUT2D eigenvalue weighted by Crippen LogP contribution is 2.07. The van der Waals surface area contributed by atoms with Crippen LogP contribution < -0.4 is 17.4 Å². The molecule has 0 saturated carbocycles. The molecule has 0 saturated heterocycles. The summed E-state index contributed by atoms with van der Waals surface area (Å²) in [5, 5.41) is 0. The Kier molecular flexibility index (Phi) is 8.65. The second-order valence-corrected chi connectivity index (χ2v) is 3.57. The van der Waals surface area contributed by atoms with E-state index in [1.54, 1.807) is 0 Å². The lowest BCUT2D eigenvalue weighted by Crippen LogP contribution is -3.00. The minimum absolute atomic E-state index is 0. The monoisotopic (exact) mass is 213 g/mol. The lowest BCUT2D eigenvalue weighted by atomic mass is 10.1. The summed E-state index contributed by atoms with van der Waals surface area (Å²) in [4.78, 5) is 3.04. The van der Waals surface area contributed by atoms with E-state index in [0.717, 1.165) is 0 Å². The molecule has 0 unspecified atom stereocenters. The van der Waals surface area contributed by atoms with Gasteiger partial charge in [-0.05, 0) is 18.4 Å². The molecular weight excluding hydrogens is 194 g/mol. The normalized spacial score (nSPS) is 9.50. The van der Waals surface area contributed by atoms with Crippen LogP contribution in [0.25, 0.3) is 0 Å². The second-order valence-electron chi connectivity index (χ2n) is 3.57. The smallest absolute Gasteiger partial charge is 0.167 e. The molecule has 0 spiro atoms. The van der Waals surface area contributed by atoms with E-state index in [0.29, 0.717) is 0 Å². The second kappa shape index (κ2) is 9.01. The standard InChI is InChI=1S/C12H19N.ClH/c1-2-3-4-5-6-7-12-8-10-13-11-9-12;/h8-11H,2-7H2,1H3;1H. The number of pyridine rings is 1. The molecule has 1 rings (SSSR count). The SMILES string of the molecule is CCCCCCCc1cc[nH+]cc1.[Cl-]. The quantitative estimate of drug-likeness (QED) is 0.592. The molecule has 0 aliphatic rings. The van der Waals surface area contributed by atoms with Crippen LogP contribution >= 0.6 is 0 Å². The van der Waals surface area contributed by atoms with Crippen LogP contribution in [0.2, 0.25) is 0 Å². The Labute approximate surface area is 93.4 Å². The van der Waals surface area contributed by atoms with Gasteiger partial charge in [-0.2, -0.15) is 0 Å². The van der Waals surface area contributed by atoms with E-state index in [4.69, 9.17) is 0 Å². The van der Waals surface area contributed by atoms with Crippen LogP contribution in [0.3, 0.4) is 0 Å².